The fourth-order valence-electron chi connectivity index (χ4n) is 10.4. The van der Waals surface area contributed by atoms with Gasteiger partial charge in [0.25, 0.3) is 0 Å². The molecule has 0 spiro atoms. The summed E-state index contributed by atoms with van der Waals surface area (Å²) in [5.41, 5.74) is 29.1. The molecule has 0 aliphatic carbocycles. The van der Waals surface area contributed by atoms with Gasteiger partial charge in [0.05, 0.1) is 6.04 Å². The first-order valence-electron chi connectivity index (χ1n) is 28.1. The molecule has 5 rings (SSSR count). The van der Waals surface area contributed by atoms with E-state index in [1.54, 1.807) is 13.8 Å². The maximum atomic E-state index is 14.7. The minimum atomic E-state index is -1.61. The smallest absolute Gasteiger partial charge is 0.326 e. The molecule has 3 fully saturated rings. The van der Waals surface area contributed by atoms with Gasteiger partial charge in [-0.2, -0.15) is 0 Å². The number of nitrogens with zero attached hydrogens (tertiary/aromatic N) is 5. The molecule has 0 saturated carbocycles. The monoisotopic (exact) mass is 1180 g/mol. The van der Waals surface area contributed by atoms with Gasteiger partial charge in [0.2, 0.25) is 47.3 Å². The first-order valence-corrected chi connectivity index (χ1v) is 28.1. The first kappa shape index (κ1) is 66.0. The van der Waals surface area contributed by atoms with Crippen LogP contribution >= 0.6 is 0 Å². The Morgan fingerprint density at radius 3 is 1.48 bits per heavy atom. The summed E-state index contributed by atoms with van der Waals surface area (Å²) in [6.45, 7) is 3.91. The highest BCUT2D eigenvalue weighted by Gasteiger charge is 2.47. The summed E-state index contributed by atoms with van der Waals surface area (Å²) in [6, 6.07) is 0.390. The zero-order valence-corrected chi connectivity index (χ0v) is 47.3. The highest BCUT2D eigenvalue weighted by molar-refractivity contribution is 5.99. The van der Waals surface area contributed by atoms with Crippen LogP contribution in [-0.4, -0.2) is 193 Å². The Kier molecular flexibility index (Phi) is 24.9. The van der Waals surface area contributed by atoms with Crippen LogP contribution in [0, 0.1) is 5.92 Å². The Labute approximate surface area is 485 Å². The minimum absolute atomic E-state index is 0.00105. The number of aliphatic imine (C=N–C) groups is 2. The van der Waals surface area contributed by atoms with E-state index in [2.05, 4.69) is 36.6 Å². The van der Waals surface area contributed by atoms with Crippen molar-refractivity contribution in [3.63, 3.8) is 0 Å². The molecular weight excluding hydrogens is 1090 g/mol. The Morgan fingerprint density at radius 1 is 0.548 bits per heavy atom. The lowest BCUT2D eigenvalue weighted by atomic mass is 10.00. The number of hydrogen-bond donors (Lipinski definition) is 14. The number of amides is 8. The van der Waals surface area contributed by atoms with Gasteiger partial charge in [-0.25, -0.2) is 4.79 Å². The van der Waals surface area contributed by atoms with Crippen LogP contribution in [0.25, 0.3) is 0 Å². The van der Waals surface area contributed by atoms with E-state index in [4.69, 9.17) is 28.7 Å². The van der Waals surface area contributed by atoms with Gasteiger partial charge < -0.3 is 90.4 Å². The molecule has 3 aliphatic heterocycles. The lowest BCUT2D eigenvalue weighted by Crippen LogP contribution is -2.61. The third-order valence-electron chi connectivity index (χ3n) is 14.9. The number of rotatable bonds is 30. The van der Waals surface area contributed by atoms with Crippen molar-refractivity contribution in [1.29, 1.82) is 0 Å². The SMILES string of the molecule is CC(C)[C@H](NC(=O)[C@H](CCC(=O)O)NC(=O)[C@H](CCCN=C(N)N)NC(=O)[C@H](Cc1ccc(O)cc1)NC(=O)[C@@H](N)CCCN=C(N)N)C(=O)N1CCC[C@H]1C(=O)N1CCC[C@H]1C(=O)N1CCC[C@H]1C(=O)N[C@@H](Cc1ccc(O)cc1)C(=O)O. The molecule has 19 N–H and O–H groups in total. The van der Waals surface area contributed by atoms with Crippen LogP contribution in [0.2, 0.25) is 0 Å². The van der Waals surface area contributed by atoms with Gasteiger partial charge in [-0.3, -0.25) is 53.1 Å². The number of aliphatic carboxylic acids is 2. The summed E-state index contributed by atoms with van der Waals surface area (Å²) >= 11 is 0. The summed E-state index contributed by atoms with van der Waals surface area (Å²) in [4.78, 5) is 150. The molecule has 8 amide bonds. The number of carbonyl (C=O) groups excluding carboxylic acids is 8. The number of nitrogens with one attached hydrogen (secondary N) is 5. The molecule has 3 saturated heterocycles. The molecule has 0 bridgehead atoms. The number of carboxylic acid groups (broad SMARTS) is 2. The first-order chi connectivity index (χ1) is 39.8. The van der Waals surface area contributed by atoms with Crippen molar-refractivity contribution < 1.29 is 68.4 Å². The number of nitrogens with two attached hydrogens (primary N) is 5. The molecule has 84 heavy (non-hydrogen) atoms. The van der Waals surface area contributed by atoms with Gasteiger partial charge in [-0.05, 0) is 112 Å². The molecule has 2 aromatic carbocycles. The number of phenols is 2. The molecule has 3 heterocycles. The molecule has 0 aromatic heterocycles. The predicted octanol–water partition coefficient (Wildman–Crippen LogP) is -2.68. The maximum Gasteiger partial charge on any atom is 0.326 e. The molecule has 29 nitrogen and oxygen atoms in total. The third-order valence-corrected chi connectivity index (χ3v) is 14.9. The van der Waals surface area contributed by atoms with E-state index in [1.807, 2.05) is 0 Å². The van der Waals surface area contributed by atoms with Gasteiger partial charge in [0.1, 0.15) is 59.8 Å². The highest BCUT2D eigenvalue weighted by Crippen LogP contribution is 2.30. The van der Waals surface area contributed by atoms with Crippen LogP contribution in [0.3, 0.4) is 0 Å². The average molecular weight is 1180 g/mol. The molecule has 0 unspecified atom stereocenters. The van der Waals surface area contributed by atoms with Gasteiger partial charge in [-0.15, -0.1) is 0 Å². The van der Waals surface area contributed by atoms with Crippen LogP contribution in [0.1, 0.15) is 102 Å². The van der Waals surface area contributed by atoms with Crippen LogP contribution < -0.4 is 55.3 Å². The number of hydrogen-bond acceptors (Lipinski definition) is 15. The standard InChI is InChI=1S/C55H81N15O14/c1-30(2)44(52(82)70-27-7-12-42(70)51(81)69-26-6-11-41(69)50(80)68-25-5-10-40(68)49(79)66-39(53(83)84)29-32-15-19-34(72)20-16-32)67-47(77)37(21-22-43(73)74)64-46(76)36(9-4-24-62-55(59)60)63-48(78)38(28-31-13-17-33(71)18-14-31)65-45(75)35(56)8-3-23-61-54(57)58/h13-20,30,35-42,44,71-72H,3-12,21-29,56H2,1-2H3,(H,63,78)(H,64,76)(H,65,75)(H,66,79)(H,67,77)(H,73,74)(H,83,84)(H4,57,58,61)(H4,59,60,62)/t35-,36-,37-,38-,39-,40-,41-,42-,44-/m0/s1. The van der Waals surface area contributed by atoms with Gasteiger partial charge in [-0.1, -0.05) is 38.1 Å². The Hall–Kier alpha value is -8.76. The summed E-state index contributed by atoms with van der Waals surface area (Å²) in [5, 5.41) is 52.3. The van der Waals surface area contributed by atoms with E-state index in [9.17, 15) is 68.4 Å². The minimum Gasteiger partial charge on any atom is -0.508 e. The van der Waals surface area contributed by atoms with Gasteiger partial charge >= 0.3 is 11.9 Å². The summed E-state index contributed by atoms with van der Waals surface area (Å²) in [7, 11) is 0. The highest BCUT2D eigenvalue weighted by atomic mass is 16.4. The van der Waals surface area contributed by atoms with E-state index in [1.165, 1.54) is 63.2 Å². The summed E-state index contributed by atoms with van der Waals surface area (Å²) < 4.78 is 0. The number of benzene rings is 2. The van der Waals surface area contributed by atoms with Crippen LogP contribution in [0.5, 0.6) is 11.5 Å². The fourth-order valence-corrected chi connectivity index (χ4v) is 10.4. The van der Waals surface area contributed by atoms with E-state index < -0.39 is 132 Å². The zero-order valence-electron chi connectivity index (χ0n) is 47.3. The van der Waals surface area contributed by atoms with Crippen LogP contribution in [-0.2, 0) is 60.8 Å². The largest absolute Gasteiger partial charge is 0.508 e. The topological polar surface area (TPSA) is 476 Å². The lowest BCUT2D eigenvalue weighted by molar-refractivity contribution is -0.151. The number of guanidine groups is 2. The molecule has 0 radical (unpaired) electrons. The summed E-state index contributed by atoms with van der Waals surface area (Å²) in [5.74, 6) is -9.56. The molecule has 460 valence electrons. The normalized spacial score (nSPS) is 18.7. The predicted molar refractivity (Wildman–Crippen MR) is 305 cm³/mol. The third kappa shape index (κ3) is 19.4. The molecule has 3 aliphatic rings. The number of likely N-dealkylation sites (tertiary alicyclic amines) is 3. The second kappa shape index (κ2) is 31.6. The number of carboxylic acids is 2. The molecule has 29 heteroatoms. The van der Waals surface area contributed by atoms with Crippen molar-refractivity contribution >= 4 is 71.1 Å². The molecule has 9 atom stereocenters. The van der Waals surface area contributed by atoms with Crippen molar-refractivity contribution in [2.24, 2.45) is 44.6 Å². The van der Waals surface area contributed by atoms with Crippen LogP contribution in [0.4, 0.5) is 0 Å². The van der Waals surface area contributed by atoms with Crippen molar-refractivity contribution in [1.82, 2.24) is 41.3 Å². The zero-order chi connectivity index (χ0) is 61.8. The quantitative estimate of drug-likeness (QED) is 0.0215. The fraction of sp³-hybridized carbons (Fsp3) is 0.564. The maximum absolute atomic E-state index is 14.7. The lowest BCUT2D eigenvalue weighted by Gasteiger charge is -2.35. The Morgan fingerprint density at radius 2 is 0.976 bits per heavy atom. The Bertz CT molecular complexity index is 2720. The van der Waals surface area contributed by atoms with E-state index in [0.29, 0.717) is 36.8 Å². The second-order valence-electron chi connectivity index (χ2n) is 21.6. The number of aromatic hydroxyl groups is 2. The van der Waals surface area contributed by atoms with Crippen molar-refractivity contribution in [2.45, 2.75) is 158 Å². The van der Waals surface area contributed by atoms with Crippen LogP contribution in [0.15, 0.2) is 58.5 Å². The summed E-state index contributed by atoms with van der Waals surface area (Å²) in [6.07, 6.45) is 1.07. The molecule has 2 aromatic rings. The number of phenolic OH excluding ortho intramolecular Hbond substituents is 2. The Balaban J connectivity index is 1.30. The number of carbonyl (C=O) groups is 10. The van der Waals surface area contributed by atoms with Gasteiger partial charge in [0.15, 0.2) is 11.9 Å². The average Bonchev–Trinajstić information content (AvgIpc) is 3.11. The van der Waals surface area contributed by atoms with Crippen molar-refractivity contribution in [3.8, 4) is 11.5 Å². The van der Waals surface area contributed by atoms with Crippen molar-refractivity contribution in [2.75, 3.05) is 32.7 Å². The second-order valence-corrected chi connectivity index (χ2v) is 21.6. The van der Waals surface area contributed by atoms with E-state index >= 15 is 0 Å². The van der Waals surface area contributed by atoms with Crippen molar-refractivity contribution in [3.05, 3.63) is 59.7 Å². The van der Waals surface area contributed by atoms with Gasteiger partial charge in [0, 0.05) is 52.0 Å². The van der Waals surface area contributed by atoms with E-state index in [0.717, 1.165) is 0 Å². The van der Waals surface area contributed by atoms with E-state index in [-0.39, 0.29) is 108 Å². The molecular formula is C55H81N15O14.